The van der Waals surface area contributed by atoms with Gasteiger partial charge in [0.2, 0.25) is 10.1 Å². The molecule has 20 heavy (non-hydrogen) atoms. The number of aromatic nitrogens is 3. The van der Waals surface area contributed by atoms with Crippen molar-refractivity contribution in [3.63, 3.8) is 0 Å². The summed E-state index contributed by atoms with van der Waals surface area (Å²) in [7, 11) is 0. The number of imidazole rings is 1. The lowest BCUT2D eigenvalue weighted by Crippen LogP contribution is -2.43. The van der Waals surface area contributed by atoms with Crippen LogP contribution in [0, 0.1) is 6.92 Å². The first-order valence-corrected chi connectivity index (χ1v) is 8.08. The third kappa shape index (κ3) is 2.67. The van der Waals surface area contributed by atoms with Gasteiger partial charge in [0.15, 0.2) is 0 Å². The predicted octanol–water partition coefficient (Wildman–Crippen LogP) is 2.41. The number of aryl methyl sites for hydroxylation is 1. The van der Waals surface area contributed by atoms with Crippen molar-refractivity contribution in [1.82, 2.24) is 19.5 Å². The summed E-state index contributed by atoms with van der Waals surface area (Å²) >= 11 is 1.69. The molecule has 2 aromatic heterocycles. The Morgan fingerprint density at radius 2 is 1.95 bits per heavy atom. The summed E-state index contributed by atoms with van der Waals surface area (Å²) in [4.78, 5) is 10.5. The second kappa shape index (κ2) is 5.00. The molecule has 0 aliphatic carbocycles. The van der Waals surface area contributed by atoms with Crippen LogP contribution < -0.4 is 4.90 Å². The van der Waals surface area contributed by atoms with Gasteiger partial charge in [0.05, 0.1) is 11.9 Å². The summed E-state index contributed by atoms with van der Waals surface area (Å²) in [5.41, 5.74) is 1.29. The van der Waals surface area contributed by atoms with Crippen molar-refractivity contribution in [3.05, 3.63) is 11.9 Å². The van der Waals surface area contributed by atoms with Crippen molar-refractivity contribution in [2.24, 2.45) is 0 Å². The average Bonchev–Trinajstić information content (AvgIpc) is 2.75. The highest BCUT2D eigenvalue weighted by atomic mass is 32.1. The Labute approximate surface area is 124 Å². The highest BCUT2D eigenvalue weighted by molar-refractivity contribution is 7.20. The average molecular weight is 293 g/mol. The Morgan fingerprint density at radius 1 is 1.15 bits per heavy atom. The van der Waals surface area contributed by atoms with Crippen LogP contribution in [0.25, 0.3) is 4.96 Å². The second-order valence-electron chi connectivity index (χ2n) is 6.49. The largest absolute Gasteiger partial charge is 0.345 e. The number of anilines is 1. The van der Waals surface area contributed by atoms with Gasteiger partial charge in [-0.1, -0.05) is 11.3 Å². The van der Waals surface area contributed by atoms with Crippen molar-refractivity contribution >= 4 is 21.4 Å². The molecule has 0 N–H and O–H groups in total. The summed E-state index contributed by atoms with van der Waals surface area (Å²) < 4.78 is 1.90. The molecule has 0 radical (unpaired) electrons. The van der Waals surface area contributed by atoms with Gasteiger partial charge in [0, 0.05) is 31.7 Å². The van der Waals surface area contributed by atoms with Crippen LogP contribution in [0.3, 0.4) is 0 Å². The molecular weight excluding hydrogens is 270 g/mol. The molecule has 0 bridgehead atoms. The van der Waals surface area contributed by atoms with E-state index < -0.39 is 0 Å². The minimum atomic E-state index is 0.255. The molecule has 2 aromatic rings. The topological polar surface area (TPSA) is 36.7 Å². The first kappa shape index (κ1) is 13.8. The lowest BCUT2D eigenvalue weighted by atomic mass is 10.1. The van der Waals surface area contributed by atoms with Gasteiger partial charge in [-0.05, 0) is 34.1 Å². The van der Waals surface area contributed by atoms with E-state index in [9.17, 15) is 0 Å². The van der Waals surface area contributed by atoms with Crippen molar-refractivity contribution in [2.45, 2.75) is 39.7 Å². The van der Waals surface area contributed by atoms with Crippen LogP contribution in [0.5, 0.6) is 0 Å². The highest BCUT2D eigenvalue weighted by Crippen LogP contribution is 2.25. The molecule has 3 rings (SSSR count). The molecule has 0 spiro atoms. The fourth-order valence-electron chi connectivity index (χ4n) is 2.71. The van der Waals surface area contributed by atoms with E-state index in [0.717, 1.165) is 35.4 Å². The van der Waals surface area contributed by atoms with Crippen LogP contribution in [0.1, 0.15) is 32.9 Å². The van der Waals surface area contributed by atoms with Gasteiger partial charge in [0.25, 0.3) is 0 Å². The van der Waals surface area contributed by atoms with E-state index in [1.165, 1.54) is 13.0 Å². The SMILES string of the molecule is Cc1cn2nc(N3CCCN(C(C)(C)C)CC3)sc2n1. The summed E-state index contributed by atoms with van der Waals surface area (Å²) in [5.74, 6) is 0. The van der Waals surface area contributed by atoms with Gasteiger partial charge in [-0.25, -0.2) is 9.50 Å². The van der Waals surface area contributed by atoms with Gasteiger partial charge in [0.1, 0.15) is 0 Å². The van der Waals surface area contributed by atoms with Crippen LogP contribution >= 0.6 is 11.3 Å². The van der Waals surface area contributed by atoms with E-state index in [1.807, 2.05) is 17.6 Å². The van der Waals surface area contributed by atoms with Crippen molar-refractivity contribution < 1.29 is 0 Å². The van der Waals surface area contributed by atoms with E-state index in [2.05, 4.69) is 40.7 Å². The standard InChI is InChI=1S/C14H23N5S/c1-11-10-19-12(15-11)20-13(16-19)17-6-5-7-18(9-8-17)14(2,3)4/h10H,5-9H2,1-4H3. The summed E-state index contributed by atoms with van der Waals surface area (Å²) in [6, 6.07) is 0. The van der Waals surface area contributed by atoms with Gasteiger partial charge in [-0.3, -0.25) is 4.90 Å². The van der Waals surface area contributed by atoms with Crippen LogP contribution in [0.2, 0.25) is 0 Å². The molecule has 5 nitrogen and oxygen atoms in total. The maximum Gasteiger partial charge on any atom is 0.214 e. The monoisotopic (exact) mass is 293 g/mol. The predicted molar refractivity (Wildman–Crippen MR) is 83.8 cm³/mol. The third-order valence-corrected chi connectivity index (χ3v) is 4.85. The Kier molecular flexibility index (Phi) is 3.46. The van der Waals surface area contributed by atoms with Crippen molar-refractivity contribution in [1.29, 1.82) is 0 Å². The molecule has 1 aliphatic heterocycles. The van der Waals surface area contributed by atoms with Crippen LogP contribution in [0.15, 0.2) is 6.20 Å². The zero-order valence-electron chi connectivity index (χ0n) is 12.8. The number of rotatable bonds is 1. The normalized spacial score (nSPS) is 18.7. The maximum absolute atomic E-state index is 4.67. The second-order valence-corrected chi connectivity index (χ2v) is 7.43. The maximum atomic E-state index is 4.67. The molecule has 110 valence electrons. The molecule has 0 unspecified atom stereocenters. The zero-order chi connectivity index (χ0) is 14.3. The fraction of sp³-hybridized carbons (Fsp3) is 0.714. The van der Waals surface area contributed by atoms with Gasteiger partial charge < -0.3 is 4.90 Å². The molecule has 0 saturated carbocycles. The van der Waals surface area contributed by atoms with E-state index in [0.29, 0.717) is 0 Å². The van der Waals surface area contributed by atoms with Gasteiger partial charge in [-0.15, -0.1) is 5.10 Å². The number of hydrogen-bond donors (Lipinski definition) is 0. The zero-order valence-corrected chi connectivity index (χ0v) is 13.6. The number of fused-ring (bicyclic) bond motifs is 1. The van der Waals surface area contributed by atoms with E-state index in [-0.39, 0.29) is 5.54 Å². The number of hydrogen-bond acceptors (Lipinski definition) is 5. The number of nitrogens with zero attached hydrogens (tertiary/aromatic N) is 5. The Balaban J connectivity index is 1.75. The van der Waals surface area contributed by atoms with E-state index in [1.54, 1.807) is 11.3 Å². The molecule has 1 fully saturated rings. The van der Waals surface area contributed by atoms with Crippen LogP contribution in [-0.2, 0) is 0 Å². The smallest absolute Gasteiger partial charge is 0.214 e. The lowest BCUT2D eigenvalue weighted by molar-refractivity contribution is 0.148. The summed E-state index contributed by atoms with van der Waals surface area (Å²) in [6.45, 7) is 13.3. The van der Waals surface area contributed by atoms with E-state index >= 15 is 0 Å². The third-order valence-electron chi connectivity index (χ3n) is 3.87. The van der Waals surface area contributed by atoms with Gasteiger partial charge in [-0.2, -0.15) is 0 Å². The Morgan fingerprint density at radius 3 is 2.65 bits per heavy atom. The van der Waals surface area contributed by atoms with Crippen molar-refractivity contribution in [3.8, 4) is 0 Å². The Hall–Kier alpha value is -1.14. The molecule has 0 atom stereocenters. The van der Waals surface area contributed by atoms with E-state index in [4.69, 9.17) is 0 Å². The quantitative estimate of drug-likeness (QED) is 0.809. The van der Waals surface area contributed by atoms with Crippen LogP contribution in [0.4, 0.5) is 5.13 Å². The highest BCUT2D eigenvalue weighted by Gasteiger charge is 2.25. The fourth-order valence-corrected chi connectivity index (χ4v) is 3.69. The molecular formula is C14H23N5S. The first-order valence-electron chi connectivity index (χ1n) is 7.26. The Bertz CT molecular complexity index is 563. The molecule has 1 saturated heterocycles. The summed E-state index contributed by atoms with van der Waals surface area (Å²) in [5, 5.41) is 5.77. The van der Waals surface area contributed by atoms with Gasteiger partial charge >= 0.3 is 0 Å². The minimum Gasteiger partial charge on any atom is -0.345 e. The minimum absolute atomic E-state index is 0.255. The lowest BCUT2D eigenvalue weighted by Gasteiger charge is -2.34. The molecule has 3 heterocycles. The molecule has 1 aliphatic rings. The van der Waals surface area contributed by atoms with Crippen molar-refractivity contribution in [2.75, 3.05) is 31.1 Å². The van der Waals surface area contributed by atoms with Crippen LogP contribution in [-0.4, -0.2) is 51.2 Å². The first-order chi connectivity index (χ1) is 9.43. The molecule has 0 aromatic carbocycles. The molecule has 6 heteroatoms. The molecule has 0 amide bonds. The summed E-state index contributed by atoms with van der Waals surface area (Å²) in [6.07, 6.45) is 3.19.